The van der Waals surface area contributed by atoms with Crippen LogP contribution < -0.4 is 10.2 Å². The number of hydrogen-bond acceptors (Lipinski definition) is 4. The number of nitrogens with one attached hydrogen (secondary N) is 1. The topological polar surface area (TPSA) is 65.5 Å². The summed E-state index contributed by atoms with van der Waals surface area (Å²) >= 11 is 6.28. The fraction of sp³-hybridized carbons (Fsp3) is 0.316. The molecule has 1 aliphatic rings. The zero-order valence-electron chi connectivity index (χ0n) is 14.8. The molecule has 0 bridgehead atoms. The van der Waals surface area contributed by atoms with Gasteiger partial charge in [-0.3, -0.25) is 14.6 Å². The summed E-state index contributed by atoms with van der Waals surface area (Å²) < 4.78 is 0. The standard InChI is InChI=1S/C19H21ClN4O2/c1-13-7-14(2)18(17(20)8-13)22-19(26)15-9-16(11-21-10-15)24-5-3-23(12-25)4-6-24/h7-12H,3-6H2,1-2H3,(H,22,26). The second-order valence-corrected chi connectivity index (χ2v) is 6.86. The summed E-state index contributed by atoms with van der Waals surface area (Å²) in [7, 11) is 0. The van der Waals surface area contributed by atoms with Crippen molar-refractivity contribution in [3.8, 4) is 0 Å². The van der Waals surface area contributed by atoms with Crippen LogP contribution in [0.2, 0.25) is 5.02 Å². The van der Waals surface area contributed by atoms with Gasteiger partial charge in [-0.2, -0.15) is 0 Å². The van der Waals surface area contributed by atoms with Gasteiger partial charge in [-0.05, 0) is 37.1 Å². The molecule has 3 rings (SSSR count). The van der Waals surface area contributed by atoms with Crippen LogP contribution in [0.3, 0.4) is 0 Å². The van der Waals surface area contributed by atoms with Crippen molar-refractivity contribution in [3.63, 3.8) is 0 Å². The molecule has 1 N–H and O–H groups in total. The van der Waals surface area contributed by atoms with Crippen molar-refractivity contribution in [2.24, 2.45) is 0 Å². The Morgan fingerprint density at radius 1 is 1.15 bits per heavy atom. The van der Waals surface area contributed by atoms with E-state index >= 15 is 0 Å². The normalized spacial score (nSPS) is 14.3. The van der Waals surface area contributed by atoms with Crippen LogP contribution in [-0.4, -0.2) is 48.4 Å². The molecule has 0 atom stereocenters. The number of piperazine rings is 1. The SMILES string of the molecule is Cc1cc(C)c(NC(=O)c2cncc(N3CCN(C=O)CC3)c2)c(Cl)c1. The summed E-state index contributed by atoms with van der Waals surface area (Å²) in [4.78, 5) is 31.5. The summed E-state index contributed by atoms with van der Waals surface area (Å²) in [5, 5.41) is 3.40. The number of amides is 2. The largest absolute Gasteiger partial charge is 0.367 e. The van der Waals surface area contributed by atoms with Crippen LogP contribution in [0.1, 0.15) is 21.5 Å². The third kappa shape index (κ3) is 3.96. The van der Waals surface area contributed by atoms with Gasteiger partial charge in [0.1, 0.15) is 0 Å². The number of nitrogens with zero attached hydrogens (tertiary/aromatic N) is 3. The average Bonchev–Trinajstić information content (AvgIpc) is 2.64. The van der Waals surface area contributed by atoms with Crippen LogP contribution in [-0.2, 0) is 4.79 Å². The van der Waals surface area contributed by atoms with Crippen molar-refractivity contribution in [1.82, 2.24) is 9.88 Å². The van der Waals surface area contributed by atoms with E-state index in [0.717, 1.165) is 23.2 Å². The first kappa shape index (κ1) is 18.2. The van der Waals surface area contributed by atoms with Crippen LogP contribution >= 0.6 is 11.6 Å². The quantitative estimate of drug-likeness (QED) is 0.838. The van der Waals surface area contributed by atoms with E-state index in [1.807, 2.05) is 32.0 Å². The van der Waals surface area contributed by atoms with E-state index in [1.165, 1.54) is 6.20 Å². The number of benzene rings is 1. The zero-order chi connectivity index (χ0) is 18.7. The molecule has 1 aromatic carbocycles. The number of hydrogen-bond donors (Lipinski definition) is 1. The van der Waals surface area contributed by atoms with Gasteiger partial charge in [-0.1, -0.05) is 17.7 Å². The number of carbonyl (C=O) groups is 2. The van der Waals surface area contributed by atoms with Crippen molar-refractivity contribution in [3.05, 3.63) is 52.3 Å². The molecular formula is C19H21ClN4O2. The molecule has 2 aromatic rings. The van der Waals surface area contributed by atoms with Gasteiger partial charge in [0, 0.05) is 32.4 Å². The Morgan fingerprint density at radius 3 is 2.54 bits per heavy atom. The first-order chi connectivity index (χ1) is 12.5. The van der Waals surface area contributed by atoms with E-state index < -0.39 is 0 Å². The fourth-order valence-corrected chi connectivity index (χ4v) is 3.44. The number of halogens is 1. The Bertz CT molecular complexity index is 809. The van der Waals surface area contributed by atoms with Gasteiger partial charge >= 0.3 is 0 Å². The molecular weight excluding hydrogens is 352 g/mol. The van der Waals surface area contributed by atoms with E-state index in [0.29, 0.717) is 42.5 Å². The van der Waals surface area contributed by atoms with Crippen LogP contribution in [0.15, 0.2) is 30.6 Å². The summed E-state index contributed by atoms with van der Waals surface area (Å²) in [6.07, 6.45) is 4.14. The molecule has 1 fully saturated rings. The maximum atomic E-state index is 12.7. The van der Waals surface area contributed by atoms with E-state index in [1.54, 1.807) is 11.1 Å². The highest BCUT2D eigenvalue weighted by molar-refractivity contribution is 6.34. The van der Waals surface area contributed by atoms with Gasteiger partial charge in [0.2, 0.25) is 6.41 Å². The number of carbonyl (C=O) groups excluding carboxylic acids is 2. The van der Waals surface area contributed by atoms with Crippen LogP contribution in [0.4, 0.5) is 11.4 Å². The van der Waals surface area contributed by atoms with Gasteiger partial charge in [0.25, 0.3) is 5.91 Å². The first-order valence-electron chi connectivity index (χ1n) is 8.45. The van der Waals surface area contributed by atoms with Gasteiger partial charge in [-0.25, -0.2) is 0 Å². The summed E-state index contributed by atoms with van der Waals surface area (Å²) in [6.45, 7) is 6.64. The van der Waals surface area contributed by atoms with Crippen molar-refractivity contribution >= 4 is 35.3 Å². The third-order valence-electron chi connectivity index (χ3n) is 4.48. The maximum absolute atomic E-state index is 12.7. The number of pyridine rings is 1. The number of rotatable bonds is 4. The Morgan fingerprint density at radius 2 is 1.88 bits per heavy atom. The molecule has 6 nitrogen and oxygen atoms in total. The average molecular weight is 373 g/mol. The molecule has 1 aliphatic heterocycles. The highest BCUT2D eigenvalue weighted by atomic mass is 35.5. The van der Waals surface area contributed by atoms with Crippen LogP contribution in [0.5, 0.6) is 0 Å². The Kier molecular flexibility index (Phi) is 5.42. The lowest BCUT2D eigenvalue weighted by molar-refractivity contribution is -0.118. The molecule has 2 amide bonds. The Balaban J connectivity index is 1.76. The van der Waals surface area contributed by atoms with Crippen LogP contribution in [0.25, 0.3) is 0 Å². The second kappa shape index (κ2) is 7.74. The minimum Gasteiger partial charge on any atom is -0.367 e. The van der Waals surface area contributed by atoms with Crippen molar-refractivity contribution in [2.75, 3.05) is 36.4 Å². The molecule has 1 aromatic heterocycles. The lowest BCUT2D eigenvalue weighted by Gasteiger charge is -2.34. The lowest BCUT2D eigenvalue weighted by Crippen LogP contribution is -2.45. The number of anilines is 2. The number of aromatic nitrogens is 1. The maximum Gasteiger partial charge on any atom is 0.257 e. The van der Waals surface area contributed by atoms with Gasteiger partial charge in [0.05, 0.1) is 28.2 Å². The molecule has 7 heteroatoms. The Labute approximate surface area is 157 Å². The van der Waals surface area contributed by atoms with E-state index in [-0.39, 0.29) is 5.91 Å². The van der Waals surface area contributed by atoms with Crippen LogP contribution in [0, 0.1) is 13.8 Å². The lowest BCUT2D eigenvalue weighted by atomic mass is 10.1. The molecule has 0 unspecified atom stereocenters. The first-order valence-corrected chi connectivity index (χ1v) is 8.83. The summed E-state index contributed by atoms with van der Waals surface area (Å²) in [6, 6.07) is 5.62. The van der Waals surface area contributed by atoms with Gasteiger partial charge < -0.3 is 15.1 Å². The van der Waals surface area contributed by atoms with Crippen molar-refractivity contribution in [1.29, 1.82) is 0 Å². The Hall–Kier alpha value is -2.60. The molecule has 0 aliphatic carbocycles. The van der Waals surface area contributed by atoms with E-state index in [9.17, 15) is 9.59 Å². The summed E-state index contributed by atoms with van der Waals surface area (Å²) in [5.74, 6) is -0.250. The highest BCUT2D eigenvalue weighted by Crippen LogP contribution is 2.28. The summed E-state index contributed by atoms with van der Waals surface area (Å²) in [5.41, 5.74) is 3.92. The molecule has 0 spiro atoms. The van der Waals surface area contributed by atoms with Crippen molar-refractivity contribution < 1.29 is 9.59 Å². The molecule has 1 saturated heterocycles. The minimum atomic E-state index is -0.250. The molecule has 0 saturated carbocycles. The van der Waals surface area contributed by atoms with Gasteiger partial charge in [-0.15, -0.1) is 0 Å². The second-order valence-electron chi connectivity index (χ2n) is 6.45. The molecule has 0 radical (unpaired) electrons. The predicted molar refractivity (Wildman–Crippen MR) is 103 cm³/mol. The molecule has 2 heterocycles. The molecule has 136 valence electrons. The predicted octanol–water partition coefficient (Wildman–Crippen LogP) is 2.88. The minimum absolute atomic E-state index is 0.250. The zero-order valence-corrected chi connectivity index (χ0v) is 15.6. The van der Waals surface area contributed by atoms with E-state index in [2.05, 4.69) is 15.2 Å². The van der Waals surface area contributed by atoms with E-state index in [4.69, 9.17) is 11.6 Å². The van der Waals surface area contributed by atoms with Crippen molar-refractivity contribution in [2.45, 2.75) is 13.8 Å². The monoisotopic (exact) mass is 372 g/mol. The fourth-order valence-electron chi connectivity index (χ4n) is 3.07. The number of aryl methyl sites for hydroxylation is 2. The third-order valence-corrected chi connectivity index (χ3v) is 4.78. The van der Waals surface area contributed by atoms with Gasteiger partial charge in [0.15, 0.2) is 0 Å². The highest BCUT2D eigenvalue weighted by Gasteiger charge is 2.18. The smallest absolute Gasteiger partial charge is 0.257 e. The molecule has 26 heavy (non-hydrogen) atoms.